The number of ether oxygens (including phenoxy) is 2. The first-order chi connectivity index (χ1) is 58.1. The van der Waals surface area contributed by atoms with Crippen LogP contribution in [0.1, 0.15) is 179 Å². The fourth-order valence-electron chi connectivity index (χ4n) is 16.9. The maximum atomic E-state index is 15.3. The fourth-order valence-corrected chi connectivity index (χ4v) is 16.9. The first kappa shape index (κ1) is 89.6. The lowest BCUT2D eigenvalue weighted by Gasteiger charge is -2.36. The van der Waals surface area contributed by atoms with Crippen LogP contribution in [0.2, 0.25) is 0 Å². The zero-order valence-corrected chi connectivity index (χ0v) is 68.0. The van der Waals surface area contributed by atoms with Crippen molar-refractivity contribution in [3.8, 4) is 28.7 Å². The molecule has 36 nitrogen and oxygen atoms in total. The van der Waals surface area contributed by atoms with E-state index in [1.165, 1.54) is 93.6 Å². The Labute approximate surface area is 701 Å². The molecule has 36 heteroatoms. The molecule has 6 heterocycles. The van der Waals surface area contributed by atoms with E-state index in [0.29, 0.717) is 34.2 Å². The van der Waals surface area contributed by atoms with E-state index in [4.69, 9.17) is 20.9 Å². The number of carboxylic acid groups (broad SMARTS) is 2. The van der Waals surface area contributed by atoms with Gasteiger partial charge in [-0.1, -0.05) is 76.2 Å². The minimum atomic E-state index is -1.65. The second kappa shape index (κ2) is 39.3. The molecule has 122 heavy (non-hydrogen) atoms. The maximum Gasteiger partial charge on any atom is 0.340 e. The third kappa shape index (κ3) is 21.1. The summed E-state index contributed by atoms with van der Waals surface area (Å²) < 4.78 is 12.2. The topological polar surface area (TPSA) is 542 Å². The molecular formula is C86H103N13O23. The highest BCUT2D eigenvalue weighted by Crippen LogP contribution is 2.57. The maximum absolute atomic E-state index is 15.3. The van der Waals surface area contributed by atoms with Crippen LogP contribution in [0.3, 0.4) is 0 Å². The highest BCUT2D eigenvalue weighted by molar-refractivity contribution is 6.04. The van der Waals surface area contributed by atoms with E-state index in [0.717, 1.165) is 4.90 Å². The summed E-state index contributed by atoms with van der Waals surface area (Å²) in [5.41, 5.74) is 11.6. The number of fused-ring (bicyclic) bond motifs is 6. The van der Waals surface area contributed by atoms with Gasteiger partial charge in [-0.3, -0.25) is 67.1 Å². The van der Waals surface area contributed by atoms with E-state index in [2.05, 4.69) is 37.2 Å². The average Bonchev–Trinajstić information content (AvgIpc) is 1.50. The van der Waals surface area contributed by atoms with Crippen molar-refractivity contribution in [1.82, 2.24) is 56.8 Å². The summed E-state index contributed by atoms with van der Waals surface area (Å²) in [7, 11) is 0. The molecular weight excluding hydrogens is 1580 g/mol. The number of primary amides is 2. The molecule has 0 aliphatic carbocycles. The molecule has 1 spiro atoms. The van der Waals surface area contributed by atoms with Gasteiger partial charge in [0, 0.05) is 92.7 Å². The lowest BCUT2D eigenvalue weighted by Crippen LogP contribution is -2.60. The molecule has 0 saturated carbocycles. The number of nitrogens with zero attached hydrogens (tertiary/aromatic N) is 4. The molecule has 6 aliphatic rings. The molecule has 5 aromatic carbocycles. The summed E-state index contributed by atoms with van der Waals surface area (Å²) in [6.07, 6.45) is -1.73. The number of nitrogens with one attached hydrogen (secondary N) is 7. The molecule has 4 fully saturated rings. The third-order valence-corrected chi connectivity index (χ3v) is 22.8. The molecule has 11 rings (SSSR count). The summed E-state index contributed by atoms with van der Waals surface area (Å²) >= 11 is 0. The number of rotatable bonds is 36. The van der Waals surface area contributed by atoms with Gasteiger partial charge in [-0.25, -0.2) is 9.59 Å². The highest BCUT2D eigenvalue weighted by atomic mass is 16.6. The standard InChI is InChI=1S/C86H103N13O23/c1-45(2)38-60(92-73(107)49-20-25-54-53(42-49)85(120)122-86(54)55-26-23-51(101)43-68(55)121-69-44-52(102)24-27-56(69)86)75(109)90-58(28-31-70(87)103)80(114)97-35-9-16-66(97)78(112)94-62(40-47-12-6-5-7-13-47)83(117)99-37-10-15-65(99)77(111)91-59(29-32-71(88)104)81(115)96-34-8-14-64(96)76(110)89-57(30-33-72(105)106)74(108)93-61(39-46(3)4)82(116)98-36-11-17-67(98)79(113)95-63(84(118)119)41-48-18-21-50(100)22-19-48/h5-7,12-13,18-27,42-46,57-67,100-102H,8-11,14-17,28-41H2,1-4H3,(H2,87,103)(H2,88,104)(H,89,110)(H,90,109)(H,91,111)(H,92,107)(H,93,108)(H,94,112)(H,95,113)(H,105,106)(H,118,119)/t57-,58-,59-,60-,61-,62-,63-,64-,65-,66-,67-/m0/s1. The molecule has 650 valence electrons. The number of carbonyl (C=O) groups is 16. The number of carbonyl (C=O) groups excluding carboxylic acids is 14. The number of likely N-dealkylation sites (tertiary alicyclic amines) is 4. The summed E-state index contributed by atoms with van der Waals surface area (Å²) in [5, 5.41) is 69.2. The van der Waals surface area contributed by atoms with Crippen molar-refractivity contribution >= 4 is 94.7 Å². The minimum Gasteiger partial charge on any atom is -0.508 e. The predicted molar refractivity (Wildman–Crippen MR) is 432 cm³/mol. The molecule has 0 unspecified atom stereocenters. The summed E-state index contributed by atoms with van der Waals surface area (Å²) in [6.45, 7) is 7.00. The van der Waals surface area contributed by atoms with Gasteiger partial charge in [-0.05, 0) is 155 Å². The number of carboxylic acids is 2. The summed E-state index contributed by atoms with van der Waals surface area (Å²) in [5.74, 6) is -14.9. The SMILES string of the molecule is CC(C)C[C@H](NC(=O)c1ccc2c(c1)C(=O)OC21c2ccc(O)cc2Oc2cc(O)ccc21)C(=O)N[C@@H](CCC(N)=O)C(=O)N1CCC[C@H]1C(=O)N[C@@H](Cc1ccccc1)C(=O)N1CCC[C@H]1C(=O)N[C@@H](CCC(N)=O)C(=O)N1CCC[C@H]1C(=O)N[C@@H](CCC(=O)O)C(=O)N[C@@H](CC(C)C)C(=O)N1CCC[C@H]1C(=O)N[C@@H](Cc1ccc(O)cc1)C(=O)O. The van der Waals surface area contributed by atoms with Gasteiger partial charge in [-0.2, -0.15) is 0 Å². The Morgan fingerprint density at radius 1 is 0.434 bits per heavy atom. The van der Waals surface area contributed by atoms with Crippen molar-refractivity contribution in [2.45, 2.75) is 215 Å². The Hall–Kier alpha value is -13.2. The number of aromatic hydroxyl groups is 3. The average molecular weight is 1690 g/mol. The molecule has 6 aliphatic heterocycles. The van der Waals surface area contributed by atoms with E-state index in [1.807, 2.05) is 0 Å². The molecule has 0 radical (unpaired) electrons. The quantitative estimate of drug-likeness (QED) is 0.0256. The Morgan fingerprint density at radius 3 is 1.30 bits per heavy atom. The van der Waals surface area contributed by atoms with Crippen LogP contribution in [0.25, 0.3) is 0 Å². The highest BCUT2D eigenvalue weighted by Gasteiger charge is 2.55. The monoisotopic (exact) mass is 1690 g/mol. The summed E-state index contributed by atoms with van der Waals surface area (Å²) in [4.78, 5) is 230. The fraction of sp³-hybridized carbons (Fsp3) is 0.465. The molecule has 13 amide bonds. The number of hydrogen-bond acceptors (Lipinski definition) is 21. The van der Waals surface area contributed by atoms with E-state index < -0.39 is 199 Å². The van der Waals surface area contributed by atoms with Crippen LogP contribution in [-0.4, -0.2) is 232 Å². The number of aliphatic carboxylic acids is 2. The molecule has 16 N–H and O–H groups in total. The number of phenols is 3. The van der Waals surface area contributed by atoms with Crippen molar-refractivity contribution in [3.63, 3.8) is 0 Å². The van der Waals surface area contributed by atoms with Crippen LogP contribution in [0.5, 0.6) is 28.7 Å². The van der Waals surface area contributed by atoms with E-state index >= 15 is 9.59 Å². The minimum absolute atomic E-state index is 0.00274. The second-order valence-corrected chi connectivity index (χ2v) is 32.5. The van der Waals surface area contributed by atoms with Crippen LogP contribution in [0, 0.1) is 11.8 Å². The Morgan fingerprint density at radius 2 is 0.828 bits per heavy atom. The van der Waals surface area contributed by atoms with Gasteiger partial charge in [0.1, 0.15) is 95.2 Å². The third-order valence-electron chi connectivity index (χ3n) is 22.8. The van der Waals surface area contributed by atoms with Crippen molar-refractivity contribution in [2.75, 3.05) is 26.2 Å². The smallest absolute Gasteiger partial charge is 0.340 e. The normalized spacial score (nSPS) is 19.0. The van der Waals surface area contributed by atoms with Crippen molar-refractivity contribution in [2.24, 2.45) is 23.3 Å². The van der Waals surface area contributed by atoms with Gasteiger partial charge in [0.25, 0.3) is 5.91 Å². The predicted octanol–water partition coefficient (Wildman–Crippen LogP) is 2.40. The number of phenolic OH excluding ortho intramolecular Hbond substituents is 3. The number of benzene rings is 5. The van der Waals surface area contributed by atoms with E-state index in [-0.39, 0.29) is 155 Å². The van der Waals surface area contributed by atoms with Gasteiger partial charge in [0.05, 0.1) is 5.56 Å². The largest absolute Gasteiger partial charge is 0.508 e. The second-order valence-electron chi connectivity index (χ2n) is 32.5. The van der Waals surface area contributed by atoms with Gasteiger partial charge in [0.15, 0.2) is 5.60 Å². The van der Waals surface area contributed by atoms with Gasteiger partial charge >= 0.3 is 17.9 Å². The Balaban J connectivity index is 0.752. The van der Waals surface area contributed by atoms with Gasteiger partial charge < -0.3 is 103 Å². The first-order valence-corrected chi connectivity index (χ1v) is 41.0. The van der Waals surface area contributed by atoms with Crippen LogP contribution in [0.15, 0.2) is 109 Å². The van der Waals surface area contributed by atoms with Crippen LogP contribution in [-0.2, 0) is 90.3 Å². The lowest BCUT2D eigenvalue weighted by molar-refractivity contribution is -0.146. The van der Waals surface area contributed by atoms with Crippen molar-refractivity contribution < 1.29 is 112 Å². The number of esters is 1. The zero-order valence-electron chi connectivity index (χ0n) is 68.0. The van der Waals surface area contributed by atoms with Crippen molar-refractivity contribution in [3.05, 3.63) is 148 Å². The molecule has 4 saturated heterocycles. The lowest BCUT2D eigenvalue weighted by atomic mass is 9.77. The van der Waals surface area contributed by atoms with Crippen LogP contribution < -0.4 is 53.4 Å². The van der Waals surface area contributed by atoms with Crippen molar-refractivity contribution in [1.29, 1.82) is 0 Å². The van der Waals surface area contributed by atoms with Gasteiger partial charge in [0.2, 0.25) is 70.9 Å². The van der Waals surface area contributed by atoms with E-state index in [9.17, 15) is 92.7 Å². The Bertz CT molecular complexity index is 4820. The zero-order chi connectivity index (χ0) is 88.1. The van der Waals surface area contributed by atoms with Crippen LogP contribution in [0.4, 0.5) is 0 Å². The molecule has 5 aromatic rings. The van der Waals surface area contributed by atoms with E-state index in [1.54, 1.807) is 58.0 Å². The molecule has 11 atom stereocenters. The number of nitrogens with two attached hydrogens (primary N) is 2. The Kier molecular flexibility index (Phi) is 28.9. The van der Waals surface area contributed by atoms with Gasteiger partial charge in [-0.15, -0.1) is 0 Å². The number of hydrogen-bond donors (Lipinski definition) is 14. The number of amides is 13. The molecule has 0 aromatic heterocycles. The molecule has 0 bridgehead atoms. The summed E-state index contributed by atoms with van der Waals surface area (Å²) in [6, 6.07) is 11.7. The first-order valence-electron chi connectivity index (χ1n) is 41.0. The van der Waals surface area contributed by atoms with Crippen LogP contribution >= 0.6 is 0 Å².